The zero-order valence-electron chi connectivity index (χ0n) is 22.3. The molecule has 1 aromatic heterocycles. The minimum absolute atomic E-state index is 0.0204. The molecule has 0 saturated heterocycles. The van der Waals surface area contributed by atoms with Crippen molar-refractivity contribution < 1.29 is 36.2 Å². The summed E-state index contributed by atoms with van der Waals surface area (Å²) >= 11 is 6.43. The molecule has 12 heteroatoms. The molecule has 0 aliphatic carbocycles. The van der Waals surface area contributed by atoms with Gasteiger partial charge in [-0.05, 0) is 63.6 Å². The van der Waals surface area contributed by atoms with Crippen molar-refractivity contribution in [2.75, 3.05) is 23.8 Å². The number of benzene rings is 2. The van der Waals surface area contributed by atoms with E-state index in [-0.39, 0.29) is 18.3 Å². The summed E-state index contributed by atoms with van der Waals surface area (Å²) in [6, 6.07) is 9.44. The van der Waals surface area contributed by atoms with Gasteiger partial charge in [0.15, 0.2) is 0 Å². The Morgan fingerprint density at radius 3 is 1.93 bits per heavy atom. The van der Waals surface area contributed by atoms with Gasteiger partial charge < -0.3 is 15.3 Å². The van der Waals surface area contributed by atoms with Gasteiger partial charge in [-0.15, -0.1) is 0 Å². The second kappa shape index (κ2) is 10.9. The van der Waals surface area contributed by atoms with Gasteiger partial charge in [-0.2, -0.15) is 26.3 Å². The molecular formula is C28H28ClF6N3O2. The van der Waals surface area contributed by atoms with Crippen molar-refractivity contribution in [3.63, 3.8) is 0 Å². The Kier molecular flexibility index (Phi) is 8.53. The molecule has 2 aromatic carbocycles. The zero-order valence-corrected chi connectivity index (χ0v) is 23.1. The Hall–Kier alpha value is -3.31. The van der Waals surface area contributed by atoms with Crippen molar-refractivity contribution >= 4 is 29.0 Å². The lowest BCUT2D eigenvalue weighted by Gasteiger charge is -2.32. The van der Waals surface area contributed by atoms with E-state index in [1.54, 1.807) is 44.2 Å². The van der Waals surface area contributed by atoms with E-state index in [9.17, 15) is 36.2 Å². The lowest BCUT2D eigenvalue weighted by molar-refractivity contribution is -0.143. The second-order valence-corrected chi connectivity index (χ2v) is 10.9. The summed E-state index contributed by atoms with van der Waals surface area (Å²) in [4.78, 5) is 19.2. The van der Waals surface area contributed by atoms with Gasteiger partial charge in [0.25, 0.3) is 0 Å². The average Bonchev–Trinajstić information content (AvgIpc) is 2.85. The first kappa shape index (κ1) is 31.2. The largest absolute Gasteiger partial charge is 0.416 e. The van der Waals surface area contributed by atoms with Gasteiger partial charge in [0.1, 0.15) is 5.82 Å². The number of rotatable bonds is 7. The Balaban J connectivity index is 2.12. The molecule has 0 spiro atoms. The van der Waals surface area contributed by atoms with E-state index < -0.39 is 46.0 Å². The molecule has 0 aliphatic heterocycles. The van der Waals surface area contributed by atoms with E-state index >= 15 is 0 Å². The van der Waals surface area contributed by atoms with Crippen LogP contribution in [-0.4, -0.2) is 35.2 Å². The van der Waals surface area contributed by atoms with Crippen LogP contribution in [0.3, 0.4) is 0 Å². The number of nitrogens with one attached hydrogen (secondary N) is 1. The predicted molar refractivity (Wildman–Crippen MR) is 142 cm³/mol. The molecule has 0 bridgehead atoms. The smallest absolute Gasteiger partial charge is 0.389 e. The van der Waals surface area contributed by atoms with Gasteiger partial charge in [-0.1, -0.05) is 29.8 Å². The van der Waals surface area contributed by atoms with Crippen molar-refractivity contribution in [2.45, 2.75) is 51.1 Å². The van der Waals surface area contributed by atoms with Crippen LogP contribution >= 0.6 is 11.6 Å². The monoisotopic (exact) mass is 587 g/mol. The molecule has 1 amide bonds. The topological polar surface area (TPSA) is 65.5 Å². The van der Waals surface area contributed by atoms with E-state index in [4.69, 9.17) is 11.6 Å². The molecule has 3 aromatic rings. The quantitative estimate of drug-likeness (QED) is 0.280. The highest BCUT2D eigenvalue weighted by Crippen LogP contribution is 2.41. The summed E-state index contributed by atoms with van der Waals surface area (Å²) in [7, 11) is 1.35. The van der Waals surface area contributed by atoms with Crippen LogP contribution in [0.4, 0.5) is 37.8 Å². The summed E-state index contributed by atoms with van der Waals surface area (Å²) in [5.74, 6) is -0.444. The molecule has 5 nitrogen and oxygen atoms in total. The lowest BCUT2D eigenvalue weighted by atomic mass is 9.81. The number of pyridine rings is 1. The molecule has 0 fully saturated rings. The number of nitrogens with zero attached hydrogens (tertiary/aromatic N) is 2. The zero-order chi connectivity index (χ0) is 30.3. The third kappa shape index (κ3) is 7.06. The Morgan fingerprint density at radius 2 is 1.43 bits per heavy atom. The van der Waals surface area contributed by atoms with Crippen LogP contribution in [0.1, 0.15) is 44.4 Å². The summed E-state index contributed by atoms with van der Waals surface area (Å²) < 4.78 is 81.0. The fraction of sp³-hybridized carbons (Fsp3) is 0.357. The molecule has 3 rings (SSSR count). The summed E-state index contributed by atoms with van der Waals surface area (Å²) in [6.07, 6.45) is -8.78. The fourth-order valence-electron chi connectivity index (χ4n) is 3.98. The minimum Gasteiger partial charge on any atom is -0.389 e. The van der Waals surface area contributed by atoms with E-state index in [0.29, 0.717) is 34.1 Å². The van der Waals surface area contributed by atoms with E-state index in [1.807, 2.05) is 0 Å². The van der Waals surface area contributed by atoms with Crippen molar-refractivity contribution in [1.29, 1.82) is 0 Å². The van der Waals surface area contributed by atoms with Gasteiger partial charge in [0.2, 0.25) is 5.91 Å². The third-order valence-corrected chi connectivity index (χ3v) is 6.59. The van der Waals surface area contributed by atoms with Crippen molar-refractivity contribution in [3.05, 3.63) is 76.4 Å². The van der Waals surface area contributed by atoms with E-state index in [0.717, 1.165) is 4.90 Å². The number of halogens is 7. The molecule has 2 N–H and O–H groups in total. The average molecular weight is 588 g/mol. The van der Waals surface area contributed by atoms with E-state index in [1.165, 1.54) is 27.1 Å². The molecule has 0 unspecified atom stereocenters. The maximum Gasteiger partial charge on any atom is 0.416 e. The third-order valence-electron chi connectivity index (χ3n) is 6.26. The number of carbonyl (C=O) groups is 1. The molecule has 0 atom stereocenters. The Morgan fingerprint density at radius 1 is 0.900 bits per heavy atom. The molecule has 1 heterocycles. The van der Waals surface area contributed by atoms with Gasteiger partial charge >= 0.3 is 12.4 Å². The van der Waals surface area contributed by atoms with Gasteiger partial charge in [-0.3, -0.25) is 4.79 Å². The first-order chi connectivity index (χ1) is 18.2. The van der Waals surface area contributed by atoms with Crippen LogP contribution in [0.2, 0.25) is 5.02 Å². The number of carbonyl (C=O) groups excluding carboxylic acids is 1. The highest BCUT2D eigenvalue weighted by molar-refractivity contribution is 6.33. The highest BCUT2D eigenvalue weighted by atomic mass is 35.5. The first-order valence-electron chi connectivity index (χ1n) is 12.0. The number of hydrogen-bond acceptors (Lipinski definition) is 4. The molecule has 216 valence electrons. The molecular weight excluding hydrogens is 560 g/mol. The van der Waals surface area contributed by atoms with Crippen molar-refractivity contribution in [1.82, 2.24) is 4.98 Å². The molecule has 0 saturated carbocycles. The maximum atomic E-state index is 13.8. The van der Waals surface area contributed by atoms with Gasteiger partial charge in [0, 0.05) is 29.7 Å². The normalized spacial score (nSPS) is 12.8. The van der Waals surface area contributed by atoms with Crippen molar-refractivity contribution in [2.24, 2.45) is 0 Å². The number of anilines is 2. The number of hydrogen-bond donors (Lipinski definition) is 2. The minimum atomic E-state index is -5.06. The summed E-state index contributed by atoms with van der Waals surface area (Å²) in [5.41, 5.74) is -5.23. The fourth-order valence-corrected chi connectivity index (χ4v) is 4.22. The number of likely N-dealkylation sites (N-methyl/N-ethyl adjacent to an activating group) is 1. The van der Waals surface area contributed by atoms with Crippen LogP contribution in [0.15, 0.2) is 54.7 Å². The number of amides is 1. The van der Waals surface area contributed by atoms with Gasteiger partial charge in [-0.25, -0.2) is 4.98 Å². The molecule has 0 aliphatic rings. The standard InChI is InChI=1S/C28H28ClF6N3O2/c1-25(2,40)15-37-23-13-20(19-8-6-7-9-21(19)29)22(14-36-23)38(5)24(39)26(3,4)16-10-17(27(30,31)32)12-18(11-16)28(33,34)35/h6-14,40H,15H2,1-5H3,(H,36,37). The predicted octanol–water partition coefficient (Wildman–Crippen LogP) is 7.56. The molecule has 0 radical (unpaired) electrons. The Labute approximate surface area is 232 Å². The number of alkyl halides is 6. The van der Waals surface area contributed by atoms with Crippen LogP contribution < -0.4 is 10.2 Å². The number of aromatic nitrogens is 1. The lowest BCUT2D eigenvalue weighted by Crippen LogP contribution is -2.42. The summed E-state index contributed by atoms with van der Waals surface area (Å²) in [5, 5.41) is 13.4. The second-order valence-electron chi connectivity index (χ2n) is 10.5. The number of aliphatic hydroxyl groups is 1. The van der Waals surface area contributed by atoms with E-state index in [2.05, 4.69) is 10.3 Å². The maximum absolute atomic E-state index is 13.8. The highest BCUT2D eigenvalue weighted by Gasteiger charge is 2.41. The Bertz CT molecular complexity index is 1370. The van der Waals surface area contributed by atoms with Crippen LogP contribution in [0, 0.1) is 0 Å². The molecule has 40 heavy (non-hydrogen) atoms. The van der Waals surface area contributed by atoms with Crippen LogP contribution in [0.25, 0.3) is 11.1 Å². The SMILES string of the molecule is CN(C(=O)C(C)(C)c1cc(C(F)(F)F)cc(C(F)(F)F)c1)c1cnc(NCC(C)(C)O)cc1-c1ccccc1Cl. The van der Waals surface area contributed by atoms with Crippen LogP contribution in [-0.2, 0) is 22.6 Å². The van der Waals surface area contributed by atoms with Gasteiger partial charge in [0.05, 0.1) is 34.0 Å². The van der Waals surface area contributed by atoms with Crippen LogP contribution in [0.5, 0.6) is 0 Å². The summed E-state index contributed by atoms with van der Waals surface area (Å²) in [6.45, 7) is 5.83. The first-order valence-corrected chi connectivity index (χ1v) is 12.4. The van der Waals surface area contributed by atoms with Crippen molar-refractivity contribution in [3.8, 4) is 11.1 Å².